The van der Waals surface area contributed by atoms with E-state index in [-0.39, 0.29) is 25.0 Å². The number of carbonyl (C=O) groups is 2. The van der Waals surface area contributed by atoms with Crippen molar-refractivity contribution in [1.82, 2.24) is 15.5 Å². The van der Waals surface area contributed by atoms with Gasteiger partial charge in [-0.15, -0.1) is 0 Å². The third-order valence-electron chi connectivity index (χ3n) is 6.71. The molecule has 0 spiro atoms. The van der Waals surface area contributed by atoms with Gasteiger partial charge >= 0.3 is 6.09 Å². The van der Waals surface area contributed by atoms with Crippen LogP contribution in [0, 0.1) is 5.82 Å². The minimum absolute atomic E-state index is 0.102. The number of amides is 2. The average molecular weight is 524 g/mol. The maximum Gasteiger partial charge on any atom is 0.414 e. The minimum Gasteiger partial charge on any atom is -0.442 e. The van der Waals surface area contributed by atoms with E-state index < -0.39 is 18.0 Å². The Hall–Kier alpha value is -1.95. The molecule has 35 heavy (non-hydrogen) atoms. The van der Waals surface area contributed by atoms with E-state index in [1.54, 1.807) is 23.9 Å². The molecule has 1 aromatic carbocycles. The van der Waals surface area contributed by atoms with E-state index in [4.69, 9.17) is 17.0 Å². The molecule has 3 fully saturated rings. The van der Waals surface area contributed by atoms with E-state index in [9.17, 15) is 9.59 Å². The highest BCUT2D eigenvalue weighted by Gasteiger charge is 2.34. The molecule has 0 aromatic heterocycles. The van der Waals surface area contributed by atoms with E-state index >= 15 is 4.39 Å². The normalized spacial score (nSPS) is 24.3. The highest BCUT2D eigenvalue weighted by molar-refractivity contribution is 8.23. The van der Waals surface area contributed by atoms with E-state index in [1.165, 1.54) is 37.2 Å². The third kappa shape index (κ3) is 6.44. The van der Waals surface area contributed by atoms with Crippen LogP contribution in [0.25, 0.3) is 0 Å². The van der Waals surface area contributed by atoms with Crippen molar-refractivity contribution in [3.05, 3.63) is 24.0 Å². The molecule has 0 saturated carbocycles. The van der Waals surface area contributed by atoms with Crippen LogP contribution >= 0.6 is 24.0 Å². The molecular weight excluding hydrogens is 489 g/mol. The molecular formula is C24H34FN5O3S2. The number of nitrogens with zero attached hydrogens (tertiary/aromatic N) is 3. The largest absolute Gasteiger partial charge is 0.442 e. The zero-order valence-corrected chi connectivity index (χ0v) is 21.9. The van der Waals surface area contributed by atoms with Crippen LogP contribution in [-0.4, -0.2) is 84.4 Å². The zero-order chi connectivity index (χ0) is 24.9. The first-order valence-electron chi connectivity index (χ1n) is 12.3. The number of nitrogens with one attached hydrogen (secondary N) is 2. The van der Waals surface area contributed by atoms with E-state index in [2.05, 4.69) is 22.5 Å². The number of rotatable bonds is 7. The van der Waals surface area contributed by atoms with Gasteiger partial charge in [-0.3, -0.25) is 14.6 Å². The Balaban J connectivity index is 1.43. The maximum absolute atomic E-state index is 15.4. The highest BCUT2D eigenvalue weighted by Crippen LogP contribution is 2.32. The van der Waals surface area contributed by atoms with Gasteiger partial charge in [0.25, 0.3) is 0 Å². The number of piperazine rings is 1. The number of benzene rings is 1. The predicted molar refractivity (Wildman–Crippen MR) is 142 cm³/mol. The molecule has 3 saturated heterocycles. The van der Waals surface area contributed by atoms with Crippen molar-refractivity contribution in [1.29, 1.82) is 0 Å². The van der Waals surface area contributed by atoms with Crippen molar-refractivity contribution < 1.29 is 18.7 Å². The van der Waals surface area contributed by atoms with Crippen molar-refractivity contribution in [3.8, 4) is 0 Å². The van der Waals surface area contributed by atoms with Gasteiger partial charge in [0, 0.05) is 26.6 Å². The Labute approximate surface area is 215 Å². The van der Waals surface area contributed by atoms with Crippen LogP contribution in [0.15, 0.2) is 18.2 Å². The first-order chi connectivity index (χ1) is 16.8. The predicted octanol–water partition coefficient (Wildman–Crippen LogP) is 2.96. The smallest absolute Gasteiger partial charge is 0.414 e. The molecule has 0 bridgehead atoms. The summed E-state index contributed by atoms with van der Waals surface area (Å²) in [7, 11) is 0. The summed E-state index contributed by atoms with van der Waals surface area (Å²) in [4.78, 5) is 29.4. The summed E-state index contributed by atoms with van der Waals surface area (Å²) in [6, 6.07) is 4.74. The molecule has 2 N–H and O–H groups in total. The van der Waals surface area contributed by atoms with E-state index in [0.717, 1.165) is 23.8 Å². The summed E-state index contributed by atoms with van der Waals surface area (Å²) in [5.74, 6) is -0.591. The monoisotopic (exact) mass is 523 g/mol. The van der Waals surface area contributed by atoms with Gasteiger partial charge in [0.05, 0.1) is 40.1 Å². The molecule has 192 valence electrons. The first kappa shape index (κ1) is 26.1. The maximum atomic E-state index is 15.4. The van der Waals surface area contributed by atoms with Gasteiger partial charge in [-0.25, -0.2) is 9.18 Å². The average Bonchev–Trinajstić information content (AvgIpc) is 3.23. The van der Waals surface area contributed by atoms with Gasteiger partial charge in [0.2, 0.25) is 5.91 Å². The second-order valence-corrected chi connectivity index (χ2v) is 11.3. The minimum atomic E-state index is -0.545. The molecule has 4 rings (SSSR count). The van der Waals surface area contributed by atoms with Gasteiger partial charge < -0.3 is 20.3 Å². The molecule has 0 aliphatic carbocycles. The molecule has 3 heterocycles. The number of halogens is 1. The zero-order valence-electron chi connectivity index (χ0n) is 20.3. The van der Waals surface area contributed by atoms with Crippen LogP contribution in [0.5, 0.6) is 0 Å². The Morgan fingerprint density at radius 2 is 2.09 bits per heavy atom. The SMILES string of the molecule is CC(=O)NCC1CN(c2ccc(N3CCNCC3C(=S)SC(C)N3CCCCC3)c(F)c2)C(=O)O1. The molecule has 0 radical (unpaired) electrons. The lowest BCUT2D eigenvalue weighted by Gasteiger charge is -2.40. The van der Waals surface area contributed by atoms with E-state index in [0.29, 0.717) is 29.8 Å². The number of piperidine rings is 1. The first-order valence-corrected chi connectivity index (χ1v) is 13.6. The summed E-state index contributed by atoms with van der Waals surface area (Å²) in [6.45, 7) is 8.35. The van der Waals surface area contributed by atoms with Crippen molar-refractivity contribution in [2.24, 2.45) is 0 Å². The van der Waals surface area contributed by atoms with Crippen LogP contribution in [-0.2, 0) is 9.53 Å². The lowest BCUT2D eigenvalue weighted by atomic mass is 10.1. The van der Waals surface area contributed by atoms with E-state index in [1.807, 2.05) is 4.90 Å². The molecule has 3 aliphatic rings. The summed E-state index contributed by atoms with van der Waals surface area (Å²) >= 11 is 7.56. The fourth-order valence-electron chi connectivity index (χ4n) is 4.80. The van der Waals surface area contributed by atoms with Gasteiger partial charge in [0.1, 0.15) is 11.9 Å². The summed E-state index contributed by atoms with van der Waals surface area (Å²) in [5, 5.41) is 6.34. The van der Waals surface area contributed by atoms with Gasteiger partial charge in [0.15, 0.2) is 0 Å². The van der Waals surface area contributed by atoms with Crippen molar-refractivity contribution >= 4 is 51.6 Å². The lowest BCUT2D eigenvalue weighted by Crippen LogP contribution is -2.55. The Morgan fingerprint density at radius 1 is 1.31 bits per heavy atom. The number of hydrogen-bond donors (Lipinski definition) is 2. The molecule has 11 heteroatoms. The van der Waals surface area contributed by atoms with Crippen LogP contribution < -0.4 is 20.4 Å². The van der Waals surface area contributed by atoms with Crippen LogP contribution in [0.1, 0.15) is 33.1 Å². The number of carbonyl (C=O) groups excluding carboxylic acids is 2. The standard InChI is InChI=1S/C24H34FN5O3S2/c1-16(31)27-13-19-15-30(24(32)33-19)18-6-7-21(20(25)12-18)29-11-8-26-14-22(29)23(34)35-17(2)28-9-4-3-5-10-28/h6-7,12,17,19,22,26H,3-5,8-11,13-15H2,1-2H3,(H,27,31). The Morgan fingerprint density at radius 3 is 2.80 bits per heavy atom. The number of hydrogen-bond acceptors (Lipinski definition) is 8. The van der Waals surface area contributed by atoms with Crippen molar-refractivity contribution in [3.63, 3.8) is 0 Å². The highest BCUT2D eigenvalue weighted by atomic mass is 32.2. The number of anilines is 2. The molecule has 2 amide bonds. The number of thioether (sulfide) groups is 1. The second kappa shape index (κ2) is 11.9. The molecule has 3 atom stereocenters. The third-order valence-corrected chi connectivity index (χ3v) is 8.42. The van der Waals surface area contributed by atoms with Gasteiger partial charge in [-0.1, -0.05) is 30.4 Å². The summed E-state index contributed by atoms with van der Waals surface area (Å²) in [5.41, 5.74) is 0.917. The molecule has 3 aliphatic heterocycles. The number of thiocarbonyl (C=S) groups is 1. The number of ether oxygens (including phenoxy) is 1. The topological polar surface area (TPSA) is 77.2 Å². The van der Waals surface area contributed by atoms with Gasteiger partial charge in [-0.05, 0) is 51.1 Å². The Kier molecular flexibility index (Phi) is 8.85. The fourth-order valence-corrected chi connectivity index (χ4v) is 6.49. The number of likely N-dealkylation sites (tertiary alicyclic amines) is 1. The quantitative estimate of drug-likeness (QED) is 0.529. The molecule has 1 aromatic rings. The van der Waals surface area contributed by atoms with Gasteiger partial charge in [-0.2, -0.15) is 0 Å². The molecule has 3 unspecified atom stereocenters. The van der Waals surface area contributed by atoms with Crippen LogP contribution in [0.2, 0.25) is 0 Å². The van der Waals surface area contributed by atoms with Crippen molar-refractivity contribution in [2.75, 3.05) is 55.6 Å². The van der Waals surface area contributed by atoms with Crippen molar-refractivity contribution in [2.45, 2.75) is 50.6 Å². The Bertz CT molecular complexity index is 946. The lowest BCUT2D eigenvalue weighted by molar-refractivity contribution is -0.119. The fraction of sp³-hybridized carbons (Fsp3) is 0.625. The summed E-state index contributed by atoms with van der Waals surface area (Å²) < 4.78 is 21.6. The number of cyclic esters (lactones) is 1. The molecule has 8 nitrogen and oxygen atoms in total. The second-order valence-electron chi connectivity index (χ2n) is 9.24. The summed E-state index contributed by atoms with van der Waals surface area (Å²) in [6.07, 6.45) is 2.73. The van der Waals surface area contributed by atoms with Crippen LogP contribution in [0.4, 0.5) is 20.6 Å². The van der Waals surface area contributed by atoms with Crippen LogP contribution in [0.3, 0.4) is 0 Å².